The summed E-state index contributed by atoms with van der Waals surface area (Å²) in [6, 6.07) is 20.5. The number of fused-ring (bicyclic) bond motifs is 2. The van der Waals surface area contributed by atoms with Gasteiger partial charge in [0.1, 0.15) is 6.04 Å². The molecule has 1 unspecified atom stereocenters. The quantitative estimate of drug-likeness (QED) is 0.267. The van der Waals surface area contributed by atoms with Crippen LogP contribution in [0.4, 0.5) is 0 Å². The average molecular weight is 590 g/mol. The second-order valence-electron chi connectivity index (χ2n) is 10.6. The van der Waals surface area contributed by atoms with Gasteiger partial charge < -0.3 is 10.6 Å². The van der Waals surface area contributed by atoms with E-state index in [0.29, 0.717) is 5.69 Å². The molecule has 11 heteroatoms. The van der Waals surface area contributed by atoms with Crippen LogP contribution in [-0.4, -0.2) is 51.4 Å². The molecule has 220 valence electrons. The first-order chi connectivity index (χ1) is 21.3. The Labute approximate surface area is 251 Å². The predicted octanol–water partition coefficient (Wildman–Crippen LogP) is 2.42. The lowest BCUT2D eigenvalue weighted by Gasteiger charge is -2.27. The number of rotatable bonds is 8. The fraction of sp³-hybridized carbons (Fsp3) is 0.182. The molecule has 6 amide bonds. The highest BCUT2D eigenvalue weighted by atomic mass is 16.2. The van der Waals surface area contributed by atoms with E-state index in [-0.39, 0.29) is 54.9 Å². The molecule has 0 saturated carbocycles. The lowest BCUT2D eigenvalue weighted by atomic mass is 10.0. The highest BCUT2D eigenvalue weighted by Gasteiger charge is 2.44. The predicted molar refractivity (Wildman–Crippen MR) is 158 cm³/mol. The number of carbonyl (C=O) groups is 6. The van der Waals surface area contributed by atoms with Gasteiger partial charge in [-0.25, -0.2) is 0 Å². The largest absolute Gasteiger partial charge is 0.350 e. The summed E-state index contributed by atoms with van der Waals surface area (Å²) in [7, 11) is 0. The normalized spacial score (nSPS) is 16.1. The highest BCUT2D eigenvalue weighted by Crippen LogP contribution is 2.28. The molecular weight excluding hydrogens is 562 g/mol. The third-order valence-corrected chi connectivity index (χ3v) is 7.74. The first-order valence-corrected chi connectivity index (χ1v) is 14.1. The number of nitrogens with zero attached hydrogens (tertiary/aromatic N) is 2. The van der Waals surface area contributed by atoms with Gasteiger partial charge in [-0.2, -0.15) is 0 Å². The molecular formula is C33H27N5O6. The van der Waals surface area contributed by atoms with Crippen LogP contribution in [0.15, 0.2) is 79.0 Å². The number of hydrogen-bond acceptors (Lipinski definition) is 7. The monoisotopic (exact) mass is 589 g/mol. The van der Waals surface area contributed by atoms with Gasteiger partial charge in [-0.3, -0.25) is 44.0 Å². The summed E-state index contributed by atoms with van der Waals surface area (Å²) in [4.78, 5) is 80.3. The van der Waals surface area contributed by atoms with E-state index in [0.717, 1.165) is 26.8 Å². The second-order valence-corrected chi connectivity index (χ2v) is 10.6. The van der Waals surface area contributed by atoms with Gasteiger partial charge in [0.05, 0.1) is 29.8 Å². The van der Waals surface area contributed by atoms with E-state index >= 15 is 0 Å². The van der Waals surface area contributed by atoms with Crippen molar-refractivity contribution in [3.05, 3.63) is 113 Å². The fourth-order valence-corrected chi connectivity index (χ4v) is 5.43. The molecule has 1 saturated heterocycles. The van der Waals surface area contributed by atoms with Gasteiger partial charge in [0.2, 0.25) is 17.7 Å². The van der Waals surface area contributed by atoms with Gasteiger partial charge in [-0.15, -0.1) is 0 Å². The zero-order valence-corrected chi connectivity index (χ0v) is 23.5. The van der Waals surface area contributed by atoms with Crippen molar-refractivity contribution >= 4 is 46.2 Å². The van der Waals surface area contributed by atoms with Crippen LogP contribution < -0.4 is 16.0 Å². The zero-order chi connectivity index (χ0) is 30.8. The number of aromatic nitrogens is 1. The van der Waals surface area contributed by atoms with Gasteiger partial charge in [0.25, 0.3) is 17.7 Å². The van der Waals surface area contributed by atoms with Gasteiger partial charge >= 0.3 is 0 Å². The molecule has 0 bridgehead atoms. The molecule has 2 aliphatic heterocycles. The highest BCUT2D eigenvalue weighted by molar-refractivity contribution is 6.24. The number of carbonyl (C=O) groups excluding carboxylic acids is 6. The van der Waals surface area contributed by atoms with Crippen LogP contribution in [0.5, 0.6) is 0 Å². The van der Waals surface area contributed by atoms with Crippen LogP contribution in [0.1, 0.15) is 60.7 Å². The number of amides is 6. The van der Waals surface area contributed by atoms with Gasteiger partial charge in [-0.1, -0.05) is 48.5 Å². The van der Waals surface area contributed by atoms with Crippen LogP contribution >= 0.6 is 0 Å². The summed E-state index contributed by atoms with van der Waals surface area (Å²) in [5.41, 5.74) is 2.63. The first-order valence-electron chi connectivity index (χ1n) is 14.1. The summed E-state index contributed by atoms with van der Waals surface area (Å²) >= 11 is 0. The molecule has 1 fully saturated rings. The molecule has 4 aromatic rings. The molecule has 3 N–H and O–H groups in total. The first kappa shape index (κ1) is 28.4. The maximum atomic E-state index is 13.0. The minimum absolute atomic E-state index is 0.0217. The Hall–Kier alpha value is -5.71. The SMILES string of the molecule is O=C(Cc1cccc2ccccc12)NCc1ccc(CNC(=O)c2ccc3c(c2)C(=O)N(C2CCC(=O)NC2=O)C3=O)cn1. The molecule has 1 atom stereocenters. The van der Waals surface area contributed by atoms with Gasteiger partial charge in [0.15, 0.2) is 0 Å². The van der Waals surface area contributed by atoms with Crippen molar-refractivity contribution < 1.29 is 28.8 Å². The maximum absolute atomic E-state index is 13.0. The van der Waals surface area contributed by atoms with Crippen LogP contribution in [0.3, 0.4) is 0 Å². The Morgan fingerprint density at radius 3 is 2.45 bits per heavy atom. The number of nitrogens with one attached hydrogen (secondary N) is 3. The van der Waals surface area contributed by atoms with Crippen LogP contribution in [0.2, 0.25) is 0 Å². The van der Waals surface area contributed by atoms with Gasteiger partial charge in [-0.05, 0) is 52.6 Å². The van der Waals surface area contributed by atoms with Crippen LogP contribution in [-0.2, 0) is 33.9 Å². The van der Waals surface area contributed by atoms with E-state index in [1.165, 1.54) is 18.2 Å². The van der Waals surface area contributed by atoms with Crippen molar-refractivity contribution in [2.45, 2.75) is 38.4 Å². The molecule has 0 aliphatic carbocycles. The lowest BCUT2D eigenvalue weighted by molar-refractivity contribution is -0.136. The Kier molecular flexibility index (Phi) is 7.67. The van der Waals surface area contributed by atoms with E-state index in [1.54, 1.807) is 18.3 Å². The molecule has 0 spiro atoms. The zero-order valence-electron chi connectivity index (χ0n) is 23.5. The van der Waals surface area contributed by atoms with Crippen LogP contribution in [0, 0.1) is 0 Å². The Morgan fingerprint density at radius 2 is 1.66 bits per heavy atom. The molecule has 6 rings (SSSR count). The number of piperidine rings is 1. The van der Waals surface area contributed by atoms with E-state index in [1.807, 2.05) is 42.5 Å². The minimum atomic E-state index is -1.08. The molecule has 0 radical (unpaired) electrons. The summed E-state index contributed by atoms with van der Waals surface area (Å²) in [5, 5.41) is 9.95. The fourth-order valence-electron chi connectivity index (χ4n) is 5.43. The summed E-state index contributed by atoms with van der Waals surface area (Å²) < 4.78 is 0. The summed E-state index contributed by atoms with van der Waals surface area (Å²) in [5.74, 6) is -3.05. The second kappa shape index (κ2) is 11.9. The van der Waals surface area contributed by atoms with E-state index in [4.69, 9.17) is 0 Å². The molecule has 3 aromatic carbocycles. The van der Waals surface area contributed by atoms with Gasteiger partial charge in [0, 0.05) is 24.7 Å². The number of pyridine rings is 1. The molecule has 2 aliphatic rings. The van der Waals surface area contributed by atoms with Crippen molar-refractivity contribution in [1.29, 1.82) is 0 Å². The number of imide groups is 2. The molecule has 44 heavy (non-hydrogen) atoms. The number of benzene rings is 3. The van der Waals surface area contributed by atoms with E-state index < -0.39 is 35.6 Å². The van der Waals surface area contributed by atoms with Crippen molar-refractivity contribution in [2.24, 2.45) is 0 Å². The number of hydrogen-bond donors (Lipinski definition) is 3. The third-order valence-electron chi connectivity index (χ3n) is 7.74. The van der Waals surface area contributed by atoms with E-state index in [9.17, 15) is 28.8 Å². The third kappa shape index (κ3) is 5.67. The summed E-state index contributed by atoms with van der Waals surface area (Å²) in [6.07, 6.45) is 1.93. The molecule has 3 heterocycles. The van der Waals surface area contributed by atoms with Crippen molar-refractivity contribution in [3.8, 4) is 0 Å². The minimum Gasteiger partial charge on any atom is -0.350 e. The maximum Gasteiger partial charge on any atom is 0.262 e. The van der Waals surface area contributed by atoms with Crippen LogP contribution in [0.25, 0.3) is 10.8 Å². The Morgan fingerprint density at radius 1 is 0.864 bits per heavy atom. The standard InChI is InChI=1S/C33H27N5O6/c39-28-13-12-27(31(42)37-28)38-32(43)25-11-9-22(14-26(25)33(38)44)30(41)36-17-19-8-10-23(34-16-19)18-35-29(40)15-21-6-3-5-20-4-1-2-7-24(20)21/h1-11,14,16,27H,12-13,15,17-18H2,(H,35,40)(H,36,41)(H,37,39,42). The topological polar surface area (TPSA) is 155 Å². The van der Waals surface area contributed by atoms with E-state index in [2.05, 4.69) is 20.9 Å². The summed E-state index contributed by atoms with van der Waals surface area (Å²) in [6.45, 7) is 0.417. The Balaban J connectivity index is 1.02. The van der Waals surface area contributed by atoms with Crippen molar-refractivity contribution in [3.63, 3.8) is 0 Å². The molecule has 11 nitrogen and oxygen atoms in total. The molecule has 1 aromatic heterocycles. The lowest BCUT2D eigenvalue weighted by Crippen LogP contribution is -2.54. The van der Waals surface area contributed by atoms with Crippen molar-refractivity contribution in [2.75, 3.05) is 0 Å². The van der Waals surface area contributed by atoms with Crippen molar-refractivity contribution in [1.82, 2.24) is 25.8 Å². The Bertz CT molecular complexity index is 1850. The smallest absolute Gasteiger partial charge is 0.262 e. The average Bonchev–Trinajstić information content (AvgIpc) is 3.28.